The molecule has 0 bridgehead atoms. The first kappa shape index (κ1) is 18.1. The summed E-state index contributed by atoms with van der Waals surface area (Å²) in [7, 11) is 3.82. The number of carbonyl (C=O) groups is 1. The number of benzene rings is 1. The maximum Gasteiger partial charge on any atom is 0.227 e. The van der Waals surface area contributed by atoms with Crippen molar-refractivity contribution in [2.45, 2.75) is 12.8 Å². The van der Waals surface area contributed by atoms with Crippen LogP contribution in [0.5, 0.6) is 0 Å². The van der Waals surface area contributed by atoms with E-state index in [9.17, 15) is 4.79 Å². The Balaban J connectivity index is 1.67. The van der Waals surface area contributed by atoms with Crippen LogP contribution in [0.3, 0.4) is 0 Å². The van der Waals surface area contributed by atoms with Crippen LogP contribution < -0.4 is 15.1 Å². The van der Waals surface area contributed by atoms with Crippen molar-refractivity contribution < 1.29 is 9.53 Å². The third-order valence-corrected chi connectivity index (χ3v) is 4.23. The molecular weight excluding hydrogens is 330 g/mol. The fourth-order valence-corrected chi connectivity index (χ4v) is 2.82. The van der Waals surface area contributed by atoms with Crippen molar-refractivity contribution in [1.82, 2.24) is 9.97 Å². The van der Waals surface area contributed by atoms with Gasteiger partial charge in [0.1, 0.15) is 5.69 Å². The predicted octanol–water partition coefficient (Wildman–Crippen LogP) is 1.95. The van der Waals surface area contributed by atoms with E-state index in [1.807, 2.05) is 49.3 Å². The zero-order chi connectivity index (χ0) is 18.4. The minimum Gasteiger partial charge on any atom is -0.378 e. The molecule has 0 spiro atoms. The van der Waals surface area contributed by atoms with Crippen LogP contribution in [0.4, 0.5) is 17.5 Å². The number of hydrogen-bond donors (Lipinski definition) is 1. The summed E-state index contributed by atoms with van der Waals surface area (Å²) in [6.45, 7) is 2.91. The summed E-state index contributed by atoms with van der Waals surface area (Å²) < 4.78 is 5.37. The number of nitrogens with zero attached hydrogens (tertiary/aromatic N) is 4. The van der Waals surface area contributed by atoms with Crippen molar-refractivity contribution >= 4 is 23.4 Å². The van der Waals surface area contributed by atoms with Crippen LogP contribution in [-0.2, 0) is 16.0 Å². The topological polar surface area (TPSA) is 70.6 Å². The lowest BCUT2D eigenvalue weighted by molar-refractivity contribution is -0.116. The number of rotatable bonds is 6. The summed E-state index contributed by atoms with van der Waals surface area (Å²) in [6.07, 6.45) is 2.81. The lowest BCUT2D eigenvalue weighted by Crippen LogP contribution is -2.37. The third-order valence-electron chi connectivity index (χ3n) is 4.23. The molecule has 1 fully saturated rings. The van der Waals surface area contributed by atoms with E-state index in [-0.39, 0.29) is 5.91 Å². The Labute approximate surface area is 154 Å². The number of anilines is 3. The van der Waals surface area contributed by atoms with Gasteiger partial charge in [0, 0.05) is 33.6 Å². The van der Waals surface area contributed by atoms with Crippen molar-refractivity contribution in [2.75, 3.05) is 55.5 Å². The zero-order valence-corrected chi connectivity index (χ0v) is 15.3. The highest BCUT2D eigenvalue weighted by Crippen LogP contribution is 2.24. The smallest absolute Gasteiger partial charge is 0.227 e. The van der Waals surface area contributed by atoms with Crippen LogP contribution in [0, 0.1) is 0 Å². The number of aryl methyl sites for hydroxylation is 1. The van der Waals surface area contributed by atoms with Crippen LogP contribution in [-0.4, -0.2) is 56.3 Å². The number of hydrogen-bond acceptors (Lipinski definition) is 6. The Hall–Kier alpha value is -2.67. The molecule has 26 heavy (non-hydrogen) atoms. The number of nitrogens with one attached hydrogen (secondary N) is 1. The lowest BCUT2D eigenvalue weighted by Gasteiger charge is -2.28. The van der Waals surface area contributed by atoms with E-state index in [4.69, 9.17) is 4.74 Å². The molecule has 3 rings (SSSR count). The van der Waals surface area contributed by atoms with Gasteiger partial charge in [-0.2, -0.15) is 4.98 Å². The Kier molecular flexibility index (Phi) is 6.01. The molecule has 2 heterocycles. The van der Waals surface area contributed by atoms with Gasteiger partial charge >= 0.3 is 0 Å². The highest BCUT2D eigenvalue weighted by Gasteiger charge is 2.18. The van der Waals surface area contributed by atoms with Gasteiger partial charge in [0.15, 0.2) is 5.82 Å². The molecule has 7 nitrogen and oxygen atoms in total. The van der Waals surface area contributed by atoms with E-state index in [2.05, 4.69) is 20.2 Å². The van der Waals surface area contributed by atoms with Gasteiger partial charge in [-0.3, -0.25) is 4.79 Å². The SMILES string of the molecule is CN(C)c1nc(N2CCOCC2)ncc1NC(=O)CCc1ccccc1. The molecule has 1 amide bonds. The van der Waals surface area contributed by atoms with Gasteiger partial charge in [0.25, 0.3) is 0 Å². The molecule has 1 N–H and O–H groups in total. The van der Waals surface area contributed by atoms with Gasteiger partial charge in [-0.05, 0) is 12.0 Å². The number of aromatic nitrogens is 2. The van der Waals surface area contributed by atoms with Crippen LogP contribution in [0.15, 0.2) is 36.5 Å². The molecule has 7 heteroatoms. The molecular formula is C19H25N5O2. The van der Waals surface area contributed by atoms with Gasteiger partial charge in [-0.15, -0.1) is 0 Å². The van der Waals surface area contributed by atoms with Crippen molar-refractivity contribution in [3.63, 3.8) is 0 Å². The summed E-state index contributed by atoms with van der Waals surface area (Å²) in [5.41, 5.74) is 1.78. The van der Waals surface area contributed by atoms with E-state index in [0.29, 0.717) is 43.5 Å². The molecule has 0 saturated carbocycles. The van der Waals surface area contributed by atoms with Gasteiger partial charge in [0.2, 0.25) is 11.9 Å². The fraction of sp³-hybridized carbons (Fsp3) is 0.421. The summed E-state index contributed by atoms with van der Waals surface area (Å²) in [4.78, 5) is 25.4. The van der Waals surface area contributed by atoms with E-state index in [1.165, 1.54) is 0 Å². The first-order valence-electron chi connectivity index (χ1n) is 8.84. The average molecular weight is 355 g/mol. The largest absolute Gasteiger partial charge is 0.378 e. The molecule has 0 atom stereocenters. The summed E-state index contributed by atoms with van der Waals surface area (Å²) in [6, 6.07) is 9.99. The molecule has 1 aliphatic rings. The van der Waals surface area contributed by atoms with Crippen molar-refractivity contribution in [1.29, 1.82) is 0 Å². The predicted molar refractivity (Wildman–Crippen MR) is 103 cm³/mol. The lowest BCUT2D eigenvalue weighted by atomic mass is 10.1. The van der Waals surface area contributed by atoms with E-state index >= 15 is 0 Å². The van der Waals surface area contributed by atoms with Crippen LogP contribution in [0.25, 0.3) is 0 Å². The maximum atomic E-state index is 12.3. The molecule has 1 aromatic carbocycles. The second kappa shape index (κ2) is 8.62. The minimum atomic E-state index is -0.0420. The average Bonchev–Trinajstić information content (AvgIpc) is 2.68. The van der Waals surface area contributed by atoms with Gasteiger partial charge in [-0.25, -0.2) is 4.98 Å². The Bertz CT molecular complexity index is 730. The molecule has 0 unspecified atom stereocenters. The van der Waals surface area contributed by atoms with Crippen LogP contribution in [0.2, 0.25) is 0 Å². The molecule has 2 aromatic rings. The first-order valence-corrected chi connectivity index (χ1v) is 8.84. The minimum absolute atomic E-state index is 0.0420. The van der Waals surface area contributed by atoms with Crippen LogP contribution in [0.1, 0.15) is 12.0 Å². The van der Waals surface area contributed by atoms with Gasteiger partial charge < -0.3 is 19.9 Å². The number of ether oxygens (including phenoxy) is 1. The molecule has 0 radical (unpaired) electrons. The van der Waals surface area contributed by atoms with E-state index < -0.39 is 0 Å². The first-order chi connectivity index (χ1) is 12.6. The number of amides is 1. The van der Waals surface area contributed by atoms with Gasteiger partial charge in [-0.1, -0.05) is 30.3 Å². The Morgan fingerprint density at radius 3 is 2.65 bits per heavy atom. The Morgan fingerprint density at radius 2 is 1.96 bits per heavy atom. The highest BCUT2D eigenvalue weighted by atomic mass is 16.5. The monoisotopic (exact) mass is 355 g/mol. The normalized spacial score (nSPS) is 14.2. The molecule has 1 saturated heterocycles. The molecule has 138 valence electrons. The van der Waals surface area contributed by atoms with Gasteiger partial charge in [0.05, 0.1) is 19.4 Å². The van der Waals surface area contributed by atoms with Crippen molar-refractivity contribution in [2.24, 2.45) is 0 Å². The molecule has 1 aliphatic heterocycles. The van der Waals surface area contributed by atoms with Crippen molar-refractivity contribution in [3.05, 3.63) is 42.1 Å². The molecule has 0 aliphatic carbocycles. The van der Waals surface area contributed by atoms with E-state index in [0.717, 1.165) is 18.7 Å². The Morgan fingerprint density at radius 1 is 1.23 bits per heavy atom. The number of carbonyl (C=O) groups excluding carboxylic acids is 1. The second-order valence-electron chi connectivity index (χ2n) is 6.43. The fourth-order valence-electron chi connectivity index (χ4n) is 2.82. The van der Waals surface area contributed by atoms with Crippen molar-refractivity contribution in [3.8, 4) is 0 Å². The molecule has 1 aromatic heterocycles. The summed E-state index contributed by atoms with van der Waals surface area (Å²) in [5, 5.41) is 2.94. The summed E-state index contributed by atoms with van der Waals surface area (Å²) >= 11 is 0. The second-order valence-corrected chi connectivity index (χ2v) is 6.43. The maximum absolute atomic E-state index is 12.3. The van der Waals surface area contributed by atoms with E-state index in [1.54, 1.807) is 6.20 Å². The highest BCUT2D eigenvalue weighted by molar-refractivity contribution is 5.93. The van der Waals surface area contributed by atoms with Crippen LogP contribution >= 0.6 is 0 Å². The summed E-state index contributed by atoms with van der Waals surface area (Å²) in [5.74, 6) is 1.33. The zero-order valence-electron chi connectivity index (χ0n) is 15.3. The third kappa shape index (κ3) is 4.70. The number of morpholine rings is 1. The quantitative estimate of drug-likeness (QED) is 0.854. The standard InChI is InChI=1S/C19H25N5O2/c1-23(2)18-16(14-20-19(22-18)24-10-12-26-13-11-24)21-17(25)9-8-15-6-4-3-5-7-15/h3-7,14H,8-13H2,1-2H3,(H,21,25).